The third-order valence-corrected chi connectivity index (χ3v) is 3.27. The van der Waals surface area contributed by atoms with Crippen LogP contribution in [0.2, 0.25) is 5.02 Å². The Labute approximate surface area is 116 Å². The van der Waals surface area contributed by atoms with Gasteiger partial charge in [0.15, 0.2) is 0 Å². The van der Waals surface area contributed by atoms with Crippen molar-refractivity contribution >= 4 is 11.6 Å². The van der Waals surface area contributed by atoms with E-state index in [0.29, 0.717) is 0 Å². The number of aromatic nitrogens is 1. The van der Waals surface area contributed by atoms with E-state index in [-0.39, 0.29) is 5.75 Å². The summed E-state index contributed by atoms with van der Waals surface area (Å²) in [6, 6.07) is 18.9. The largest absolute Gasteiger partial charge is 0.508 e. The van der Waals surface area contributed by atoms with Gasteiger partial charge in [-0.25, -0.2) is 0 Å². The Hall–Kier alpha value is -2.19. The molecule has 1 heterocycles. The molecule has 2 aromatic carbocycles. The van der Waals surface area contributed by atoms with Crippen molar-refractivity contribution in [1.29, 1.82) is 0 Å². The maximum Gasteiger partial charge on any atom is 0.115 e. The highest BCUT2D eigenvalue weighted by atomic mass is 35.5. The molecule has 0 aliphatic heterocycles. The standard InChI is InChI=1S/C16H12ClNO/c17-13-5-7-14(8-6-13)18-11-1-2-16(18)12-3-9-15(19)10-4-12/h1-11,19H. The highest BCUT2D eigenvalue weighted by molar-refractivity contribution is 6.30. The molecule has 0 aliphatic rings. The molecule has 0 spiro atoms. The van der Waals surface area contributed by atoms with Gasteiger partial charge in [0.05, 0.1) is 5.69 Å². The third kappa shape index (κ3) is 2.35. The van der Waals surface area contributed by atoms with Gasteiger partial charge in [-0.2, -0.15) is 0 Å². The van der Waals surface area contributed by atoms with Gasteiger partial charge in [-0.3, -0.25) is 0 Å². The van der Waals surface area contributed by atoms with E-state index >= 15 is 0 Å². The summed E-state index contributed by atoms with van der Waals surface area (Å²) in [5, 5.41) is 10.1. The van der Waals surface area contributed by atoms with Gasteiger partial charge in [0, 0.05) is 16.9 Å². The smallest absolute Gasteiger partial charge is 0.115 e. The Morgan fingerprint density at radius 3 is 2.21 bits per heavy atom. The van der Waals surface area contributed by atoms with Crippen LogP contribution in [0.15, 0.2) is 66.9 Å². The molecule has 0 aliphatic carbocycles. The number of aromatic hydroxyl groups is 1. The number of halogens is 1. The second kappa shape index (κ2) is 4.82. The SMILES string of the molecule is Oc1ccc(-c2cccn2-c2ccc(Cl)cc2)cc1. The summed E-state index contributed by atoms with van der Waals surface area (Å²) in [5.74, 6) is 0.272. The molecule has 0 amide bonds. The van der Waals surface area contributed by atoms with Crippen molar-refractivity contribution in [3.8, 4) is 22.7 Å². The van der Waals surface area contributed by atoms with E-state index in [2.05, 4.69) is 4.57 Å². The first-order valence-electron chi connectivity index (χ1n) is 5.97. The van der Waals surface area contributed by atoms with Crippen molar-refractivity contribution in [2.24, 2.45) is 0 Å². The lowest BCUT2D eigenvalue weighted by Crippen LogP contribution is -1.94. The molecule has 0 bridgehead atoms. The van der Waals surface area contributed by atoms with E-state index in [1.165, 1.54) is 0 Å². The van der Waals surface area contributed by atoms with Crippen LogP contribution in [0.25, 0.3) is 16.9 Å². The third-order valence-electron chi connectivity index (χ3n) is 3.02. The zero-order valence-corrected chi connectivity index (χ0v) is 10.9. The molecule has 0 atom stereocenters. The summed E-state index contributed by atoms with van der Waals surface area (Å²) >= 11 is 5.91. The van der Waals surface area contributed by atoms with Gasteiger partial charge in [-0.15, -0.1) is 0 Å². The quantitative estimate of drug-likeness (QED) is 0.728. The van der Waals surface area contributed by atoms with Crippen LogP contribution in [0, 0.1) is 0 Å². The van der Waals surface area contributed by atoms with Crippen LogP contribution >= 0.6 is 11.6 Å². The number of nitrogens with zero attached hydrogens (tertiary/aromatic N) is 1. The normalized spacial score (nSPS) is 10.6. The number of hydrogen-bond acceptors (Lipinski definition) is 1. The molecule has 0 saturated carbocycles. The van der Waals surface area contributed by atoms with Gasteiger partial charge < -0.3 is 9.67 Å². The summed E-state index contributed by atoms with van der Waals surface area (Å²) in [6.45, 7) is 0. The number of hydrogen-bond donors (Lipinski definition) is 1. The van der Waals surface area contributed by atoms with Gasteiger partial charge in [-0.05, 0) is 66.2 Å². The number of phenols is 1. The molecule has 3 rings (SSSR count). The molecular weight excluding hydrogens is 258 g/mol. The predicted octanol–water partition coefficient (Wildman–Crippen LogP) is 4.50. The minimum Gasteiger partial charge on any atom is -0.508 e. The second-order valence-electron chi connectivity index (χ2n) is 4.29. The molecule has 0 fully saturated rings. The summed E-state index contributed by atoms with van der Waals surface area (Å²) < 4.78 is 2.09. The molecule has 2 nitrogen and oxygen atoms in total. The molecule has 1 N–H and O–H groups in total. The van der Waals surface area contributed by atoms with Crippen molar-refractivity contribution in [1.82, 2.24) is 4.57 Å². The Morgan fingerprint density at radius 1 is 0.842 bits per heavy atom. The minimum absolute atomic E-state index is 0.272. The molecule has 94 valence electrons. The Kier molecular flexibility index (Phi) is 3.02. The molecule has 1 aromatic heterocycles. The number of benzene rings is 2. The first-order chi connectivity index (χ1) is 9.24. The van der Waals surface area contributed by atoms with Crippen LogP contribution in [-0.4, -0.2) is 9.67 Å². The Morgan fingerprint density at radius 2 is 1.53 bits per heavy atom. The molecule has 0 saturated heterocycles. The van der Waals surface area contributed by atoms with Gasteiger partial charge in [-0.1, -0.05) is 11.6 Å². The van der Waals surface area contributed by atoms with Crippen molar-refractivity contribution in [3.05, 3.63) is 71.9 Å². The topological polar surface area (TPSA) is 25.2 Å². The second-order valence-corrected chi connectivity index (χ2v) is 4.72. The fourth-order valence-corrected chi connectivity index (χ4v) is 2.20. The van der Waals surface area contributed by atoms with Crippen LogP contribution in [0.5, 0.6) is 5.75 Å². The first kappa shape index (κ1) is 11.9. The first-order valence-corrected chi connectivity index (χ1v) is 6.34. The molecule has 3 heteroatoms. The van der Waals surface area contributed by atoms with Crippen molar-refractivity contribution in [2.75, 3.05) is 0 Å². The average molecular weight is 270 g/mol. The Bertz CT molecular complexity index is 624. The summed E-state index contributed by atoms with van der Waals surface area (Å²) in [5.41, 5.74) is 3.18. The van der Waals surface area contributed by atoms with Crippen molar-refractivity contribution in [3.63, 3.8) is 0 Å². The van der Waals surface area contributed by atoms with Crippen LogP contribution in [0.3, 0.4) is 0 Å². The lowest BCUT2D eigenvalue weighted by molar-refractivity contribution is 0.475. The lowest BCUT2D eigenvalue weighted by atomic mass is 10.1. The van der Waals surface area contributed by atoms with E-state index in [4.69, 9.17) is 11.6 Å². The van der Waals surface area contributed by atoms with Gasteiger partial charge in [0.1, 0.15) is 5.75 Å². The summed E-state index contributed by atoms with van der Waals surface area (Å²) in [4.78, 5) is 0. The van der Waals surface area contributed by atoms with Crippen LogP contribution in [0.1, 0.15) is 0 Å². The van der Waals surface area contributed by atoms with E-state index in [0.717, 1.165) is 22.0 Å². The lowest BCUT2D eigenvalue weighted by Gasteiger charge is -2.09. The van der Waals surface area contributed by atoms with E-state index < -0.39 is 0 Å². The van der Waals surface area contributed by atoms with Crippen molar-refractivity contribution < 1.29 is 5.11 Å². The number of phenolic OH excluding ortho intramolecular Hbond substituents is 1. The van der Waals surface area contributed by atoms with Crippen LogP contribution in [0.4, 0.5) is 0 Å². The van der Waals surface area contributed by atoms with E-state index in [1.807, 2.05) is 54.7 Å². The molecule has 0 unspecified atom stereocenters. The fourth-order valence-electron chi connectivity index (χ4n) is 2.08. The highest BCUT2D eigenvalue weighted by Crippen LogP contribution is 2.26. The predicted molar refractivity (Wildman–Crippen MR) is 77.9 cm³/mol. The maximum atomic E-state index is 9.35. The van der Waals surface area contributed by atoms with Crippen LogP contribution < -0.4 is 0 Å². The van der Waals surface area contributed by atoms with Gasteiger partial charge in [0.2, 0.25) is 0 Å². The fraction of sp³-hybridized carbons (Fsp3) is 0. The summed E-state index contributed by atoms with van der Waals surface area (Å²) in [6.07, 6.45) is 2.01. The van der Waals surface area contributed by atoms with Gasteiger partial charge >= 0.3 is 0 Å². The number of rotatable bonds is 2. The summed E-state index contributed by atoms with van der Waals surface area (Å²) in [7, 11) is 0. The van der Waals surface area contributed by atoms with Gasteiger partial charge in [0.25, 0.3) is 0 Å². The van der Waals surface area contributed by atoms with Crippen LogP contribution in [-0.2, 0) is 0 Å². The molecule has 0 radical (unpaired) electrons. The molecule has 3 aromatic rings. The maximum absolute atomic E-state index is 9.35. The monoisotopic (exact) mass is 269 g/mol. The molecular formula is C16H12ClNO. The minimum atomic E-state index is 0.272. The zero-order chi connectivity index (χ0) is 13.2. The Balaban J connectivity index is 2.07. The highest BCUT2D eigenvalue weighted by Gasteiger charge is 2.05. The average Bonchev–Trinajstić information content (AvgIpc) is 2.90. The van der Waals surface area contributed by atoms with Crippen molar-refractivity contribution in [2.45, 2.75) is 0 Å². The van der Waals surface area contributed by atoms with E-state index in [1.54, 1.807) is 12.1 Å². The van der Waals surface area contributed by atoms with E-state index in [9.17, 15) is 5.11 Å². The molecule has 19 heavy (non-hydrogen) atoms. The zero-order valence-electron chi connectivity index (χ0n) is 10.1.